The molecule has 0 bridgehead atoms. The van der Waals surface area contributed by atoms with Gasteiger partial charge in [0.05, 0.1) is 6.61 Å². The first-order valence-corrected chi connectivity index (χ1v) is 8.52. The molecule has 2 heterocycles. The second-order valence-corrected chi connectivity index (χ2v) is 5.88. The van der Waals surface area contributed by atoms with E-state index in [1.54, 1.807) is 34.2 Å². The molecule has 2 aromatic rings. The minimum atomic E-state index is -0.440. The minimum absolute atomic E-state index is 0.167. The van der Waals surface area contributed by atoms with Crippen molar-refractivity contribution in [2.75, 3.05) is 32.8 Å². The summed E-state index contributed by atoms with van der Waals surface area (Å²) in [4.78, 5) is 32.6. The number of aromatic nitrogens is 1. The lowest BCUT2D eigenvalue weighted by Crippen LogP contribution is -2.50. The molecule has 1 aromatic heterocycles. The number of hydrogen-bond donors (Lipinski definition) is 0. The van der Waals surface area contributed by atoms with Crippen molar-refractivity contribution in [3.8, 4) is 5.88 Å². The van der Waals surface area contributed by atoms with Crippen molar-refractivity contribution < 1.29 is 18.7 Å². The van der Waals surface area contributed by atoms with Crippen LogP contribution in [0.15, 0.2) is 42.6 Å². The van der Waals surface area contributed by atoms with Crippen LogP contribution in [0.4, 0.5) is 4.39 Å². The third-order valence-corrected chi connectivity index (χ3v) is 4.21. The maximum atomic E-state index is 13.3. The van der Waals surface area contributed by atoms with E-state index < -0.39 is 5.82 Å². The van der Waals surface area contributed by atoms with Crippen molar-refractivity contribution >= 4 is 11.8 Å². The molecular weight excluding hydrogens is 337 g/mol. The summed E-state index contributed by atoms with van der Waals surface area (Å²) in [5.41, 5.74) is 0.731. The van der Waals surface area contributed by atoms with Crippen LogP contribution in [0.25, 0.3) is 0 Å². The molecule has 7 heteroatoms. The quantitative estimate of drug-likeness (QED) is 0.842. The molecule has 1 aromatic carbocycles. The predicted octanol–water partition coefficient (Wildman–Crippen LogP) is 2.22. The summed E-state index contributed by atoms with van der Waals surface area (Å²) in [6.45, 7) is 3.85. The van der Waals surface area contributed by atoms with Crippen LogP contribution in [0.5, 0.6) is 5.88 Å². The highest BCUT2D eigenvalue weighted by molar-refractivity contribution is 5.97. The number of amides is 2. The Morgan fingerprint density at radius 1 is 1.08 bits per heavy atom. The van der Waals surface area contributed by atoms with Crippen molar-refractivity contribution in [3.63, 3.8) is 0 Å². The molecule has 0 spiro atoms. The molecule has 0 unspecified atom stereocenters. The maximum absolute atomic E-state index is 13.3. The summed E-state index contributed by atoms with van der Waals surface area (Å²) < 4.78 is 18.7. The lowest BCUT2D eigenvalue weighted by Gasteiger charge is -2.35. The number of benzene rings is 1. The predicted molar refractivity (Wildman–Crippen MR) is 93.6 cm³/mol. The van der Waals surface area contributed by atoms with Gasteiger partial charge in [-0.25, -0.2) is 9.37 Å². The Bertz CT molecular complexity index is 804. The van der Waals surface area contributed by atoms with Gasteiger partial charge < -0.3 is 14.5 Å². The Labute approximate surface area is 151 Å². The van der Waals surface area contributed by atoms with Gasteiger partial charge in [-0.3, -0.25) is 9.59 Å². The second-order valence-electron chi connectivity index (χ2n) is 5.88. The van der Waals surface area contributed by atoms with Gasteiger partial charge in [-0.1, -0.05) is 6.07 Å². The third-order valence-electron chi connectivity index (χ3n) is 4.21. The highest BCUT2D eigenvalue weighted by Crippen LogP contribution is 2.18. The molecule has 1 aliphatic rings. The van der Waals surface area contributed by atoms with Crippen molar-refractivity contribution in [1.29, 1.82) is 0 Å². The van der Waals surface area contributed by atoms with Crippen LogP contribution in [0.2, 0.25) is 0 Å². The van der Waals surface area contributed by atoms with Crippen LogP contribution in [-0.2, 0) is 0 Å². The highest BCUT2D eigenvalue weighted by Gasteiger charge is 2.27. The molecule has 1 saturated heterocycles. The molecule has 0 N–H and O–H groups in total. The summed E-state index contributed by atoms with van der Waals surface area (Å²) in [6, 6.07) is 9.01. The van der Waals surface area contributed by atoms with E-state index in [-0.39, 0.29) is 11.8 Å². The normalized spacial score (nSPS) is 14.2. The molecule has 1 aliphatic heterocycles. The molecule has 0 saturated carbocycles. The fraction of sp³-hybridized carbons (Fsp3) is 0.316. The van der Waals surface area contributed by atoms with Gasteiger partial charge >= 0.3 is 0 Å². The molecule has 26 heavy (non-hydrogen) atoms. The number of hydrogen-bond acceptors (Lipinski definition) is 4. The van der Waals surface area contributed by atoms with Gasteiger partial charge in [-0.15, -0.1) is 0 Å². The molecule has 0 aliphatic carbocycles. The summed E-state index contributed by atoms with van der Waals surface area (Å²) in [5, 5.41) is 0. The monoisotopic (exact) mass is 357 g/mol. The molecule has 0 radical (unpaired) electrons. The number of nitrogens with zero attached hydrogens (tertiary/aromatic N) is 3. The van der Waals surface area contributed by atoms with E-state index in [1.165, 1.54) is 18.2 Å². The number of pyridine rings is 1. The number of carbonyl (C=O) groups excluding carboxylic acids is 2. The number of rotatable bonds is 4. The van der Waals surface area contributed by atoms with Gasteiger partial charge in [0.25, 0.3) is 11.8 Å². The van der Waals surface area contributed by atoms with E-state index in [9.17, 15) is 14.0 Å². The lowest BCUT2D eigenvalue weighted by molar-refractivity contribution is 0.0532. The molecule has 3 rings (SSSR count). The summed E-state index contributed by atoms with van der Waals surface area (Å²) in [6.07, 6.45) is 1.58. The standard InChI is InChI=1S/C19H20FN3O3/c1-2-26-17-16(7-4-8-21-17)19(25)23-11-9-22(10-12-23)18(24)14-5-3-6-15(20)13-14/h3-8,13H,2,9-12H2,1H3. The van der Waals surface area contributed by atoms with Gasteiger partial charge in [0.15, 0.2) is 0 Å². The van der Waals surface area contributed by atoms with Crippen LogP contribution in [0.3, 0.4) is 0 Å². The van der Waals surface area contributed by atoms with E-state index >= 15 is 0 Å². The van der Waals surface area contributed by atoms with Crippen molar-refractivity contribution in [2.45, 2.75) is 6.92 Å². The van der Waals surface area contributed by atoms with E-state index in [2.05, 4.69) is 4.98 Å². The van der Waals surface area contributed by atoms with Crippen LogP contribution >= 0.6 is 0 Å². The zero-order valence-corrected chi connectivity index (χ0v) is 14.5. The van der Waals surface area contributed by atoms with Crippen molar-refractivity contribution in [2.24, 2.45) is 0 Å². The zero-order chi connectivity index (χ0) is 18.5. The van der Waals surface area contributed by atoms with E-state index in [1.807, 2.05) is 6.92 Å². The van der Waals surface area contributed by atoms with Gasteiger partial charge in [-0.05, 0) is 37.3 Å². The Hall–Kier alpha value is -2.96. The lowest BCUT2D eigenvalue weighted by atomic mass is 10.1. The van der Waals surface area contributed by atoms with E-state index in [0.29, 0.717) is 49.8 Å². The molecule has 6 nitrogen and oxygen atoms in total. The number of halogens is 1. The van der Waals surface area contributed by atoms with Crippen LogP contribution in [-0.4, -0.2) is 59.4 Å². The molecule has 0 atom stereocenters. The van der Waals surface area contributed by atoms with Gasteiger partial charge in [0.1, 0.15) is 11.4 Å². The zero-order valence-electron chi connectivity index (χ0n) is 14.5. The minimum Gasteiger partial charge on any atom is -0.477 e. The molecule has 136 valence electrons. The van der Waals surface area contributed by atoms with E-state index in [0.717, 1.165) is 0 Å². The number of piperazine rings is 1. The Morgan fingerprint density at radius 2 is 1.77 bits per heavy atom. The summed E-state index contributed by atoms with van der Waals surface area (Å²) in [5.74, 6) is -0.518. The fourth-order valence-corrected chi connectivity index (χ4v) is 2.89. The summed E-state index contributed by atoms with van der Waals surface area (Å²) >= 11 is 0. The van der Waals surface area contributed by atoms with Crippen LogP contribution < -0.4 is 4.74 Å². The largest absolute Gasteiger partial charge is 0.477 e. The average Bonchev–Trinajstić information content (AvgIpc) is 2.68. The van der Waals surface area contributed by atoms with Crippen molar-refractivity contribution in [3.05, 3.63) is 59.5 Å². The van der Waals surface area contributed by atoms with E-state index in [4.69, 9.17) is 4.74 Å². The first-order valence-electron chi connectivity index (χ1n) is 8.52. The van der Waals surface area contributed by atoms with Gasteiger partial charge in [-0.2, -0.15) is 0 Å². The van der Waals surface area contributed by atoms with Crippen LogP contribution in [0.1, 0.15) is 27.6 Å². The van der Waals surface area contributed by atoms with Gasteiger partial charge in [0.2, 0.25) is 5.88 Å². The van der Waals surface area contributed by atoms with Gasteiger partial charge in [0, 0.05) is 37.9 Å². The fourth-order valence-electron chi connectivity index (χ4n) is 2.89. The third kappa shape index (κ3) is 3.82. The Morgan fingerprint density at radius 3 is 2.42 bits per heavy atom. The molecule has 2 amide bonds. The summed E-state index contributed by atoms with van der Waals surface area (Å²) in [7, 11) is 0. The number of carbonyl (C=O) groups is 2. The first kappa shape index (κ1) is 17.8. The Balaban J connectivity index is 1.65. The topological polar surface area (TPSA) is 62.7 Å². The molecular formula is C19H20FN3O3. The van der Waals surface area contributed by atoms with Crippen LogP contribution in [0, 0.1) is 5.82 Å². The highest BCUT2D eigenvalue weighted by atomic mass is 19.1. The average molecular weight is 357 g/mol. The Kier molecular flexibility index (Phi) is 5.46. The smallest absolute Gasteiger partial charge is 0.259 e. The number of ether oxygens (including phenoxy) is 1. The first-order chi connectivity index (χ1) is 12.6. The maximum Gasteiger partial charge on any atom is 0.259 e. The SMILES string of the molecule is CCOc1ncccc1C(=O)N1CCN(C(=O)c2cccc(F)c2)CC1. The van der Waals surface area contributed by atoms with Crippen molar-refractivity contribution in [1.82, 2.24) is 14.8 Å². The molecule has 1 fully saturated rings. The second kappa shape index (κ2) is 7.95.